The van der Waals surface area contributed by atoms with Gasteiger partial charge >= 0.3 is 11.9 Å². The molecule has 1 heterocycles. The van der Waals surface area contributed by atoms with Crippen molar-refractivity contribution in [2.24, 2.45) is 0 Å². The van der Waals surface area contributed by atoms with Crippen molar-refractivity contribution in [3.8, 4) is 0 Å². The number of nitrogens with zero attached hydrogens (tertiary/aromatic N) is 1. The molecule has 0 atom stereocenters. The fourth-order valence-corrected chi connectivity index (χ4v) is 0.986. The molecule has 0 saturated heterocycles. The Morgan fingerprint density at radius 1 is 1.53 bits per heavy atom. The summed E-state index contributed by atoms with van der Waals surface area (Å²) >= 11 is 0. The van der Waals surface area contributed by atoms with E-state index in [1.54, 1.807) is 32.2 Å². The van der Waals surface area contributed by atoms with E-state index < -0.39 is 11.9 Å². The van der Waals surface area contributed by atoms with Gasteiger partial charge in [0, 0.05) is 6.20 Å². The molecule has 0 aliphatic heterocycles. The molecule has 0 bridgehead atoms. The number of hydrogen-bond donors (Lipinski definition) is 1. The smallest absolute Gasteiger partial charge is 0.397 e. The molecule has 1 aromatic rings. The number of hydrogen-bond acceptors (Lipinski definition) is 4. The number of esters is 1. The first kappa shape index (κ1) is 11.2. The van der Waals surface area contributed by atoms with Gasteiger partial charge in [0.15, 0.2) is 0 Å². The van der Waals surface area contributed by atoms with Gasteiger partial charge in [0.1, 0.15) is 0 Å². The van der Waals surface area contributed by atoms with Gasteiger partial charge in [-0.3, -0.25) is 9.78 Å². The molecule has 0 aliphatic carbocycles. The summed E-state index contributed by atoms with van der Waals surface area (Å²) in [5, 5.41) is 2.42. The van der Waals surface area contributed by atoms with Crippen molar-refractivity contribution >= 4 is 17.6 Å². The lowest BCUT2D eigenvalue weighted by Gasteiger charge is -2.05. The van der Waals surface area contributed by atoms with E-state index >= 15 is 0 Å². The number of nitrogens with one attached hydrogen (secondary N) is 1. The maximum absolute atomic E-state index is 11.2. The van der Waals surface area contributed by atoms with Crippen molar-refractivity contribution < 1.29 is 14.3 Å². The van der Waals surface area contributed by atoms with Crippen molar-refractivity contribution in [2.75, 3.05) is 11.9 Å². The van der Waals surface area contributed by atoms with Crippen molar-refractivity contribution in [1.29, 1.82) is 0 Å². The summed E-state index contributed by atoms with van der Waals surface area (Å²) in [6.07, 6.45) is 1.61. The van der Waals surface area contributed by atoms with Crippen LogP contribution in [0.15, 0.2) is 18.3 Å². The summed E-state index contributed by atoms with van der Waals surface area (Å²) < 4.78 is 4.54. The van der Waals surface area contributed by atoms with Crippen LogP contribution in [0.1, 0.15) is 12.6 Å². The second-order valence-corrected chi connectivity index (χ2v) is 2.81. The van der Waals surface area contributed by atoms with Gasteiger partial charge in [0.25, 0.3) is 0 Å². The van der Waals surface area contributed by atoms with E-state index in [0.29, 0.717) is 11.4 Å². The number of anilines is 1. The van der Waals surface area contributed by atoms with Gasteiger partial charge in [-0.1, -0.05) is 0 Å². The Kier molecular flexibility index (Phi) is 3.79. The fourth-order valence-electron chi connectivity index (χ4n) is 0.986. The number of ether oxygens (including phenoxy) is 1. The number of carbonyl (C=O) groups excluding carboxylic acids is 2. The molecule has 15 heavy (non-hydrogen) atoms. The molecule has 1 amide bonds. The van der Waals surface area contributed by atoms with Crippen molar-refractivity contribution in [2.45, 2.75) is 13.8 Å². The van der Waals surface area contributed by atoms with Gasteiger partial charge in [-0.2, -0.15) is 0 Å². The van der Waals surface area contributed by atoms with Crippen LogP contribution in [-0.4, -0.2) is 23.5 Å². The molecule has 0 spiro atoms. The van der Waals surface area contributed by atoms with Crippen LogP contribution in [0.2, 0.25) is 0 Å². The third-order valence-corrected chi connectivity index (χ3v) is 1.72. The minimum atomic E-state index is -0.888. The number of aryl methyl sites for hydroxylation is 1. The largest absolute Gasteiger partial charge is 0.459 e. The molecule has 0 aromatic carbocycles. The standard InChI is InChI=1S/C10H12N2O3/c1-3-15-10(14)9(13)12-8-5-4-6-11-7(8)2/h4-6H,3H2,1-2H3,(H,12,13). The first-order valence-corrected chi connectivity index (χ1v) is 4.55. The van der Waals surface area contributed by atoms with Crippen LogP contribution in [0.5, 0.6) is 0 Å². The number of aromatic nitrogens is 1. The maximum atomic E-state index is 11.2. The maximum Gasteiger partial charge on any atom is 0.397 e. The van der Waals surface area contributed by atoms with Gasteiger partial charge in [-0.15, -0.1) is 0 Å². The van der Waals surface area contributed by atoms with Crippen LogP contribution in [0.4, 0.5) is 5.69 Å². The van der Waals surface area contributed by atoms with E-state index in [9.17, 15) is 9.59 Å². The highest BCUT2D eigenvalue weighted by Crippen LogP contribution is 2.09. The highest BCUT2D eigenvalue weighted by molar-refractivity contribution is 6.37. The summed E-state index contributed by atoms with van der Waals surface area (Å²) in [4.78, 5) is 26.2. The Morgan fingerprint density at radius 2 is 2.27 bits per heavy atom. The molecule has 1 aromatic heterocycles. The van der Waals surface area contributed by atoms with E-state index in [2.05, 4.69) is 15.0 Å². The zero-order chi connectivity index (χ0) is 11.3. The minimum Gasteiger partial charge on any atom is -0.459 e. The Balaban J connectivity index is 2.67. The van der Waals surface area contributed by atoms with E-state index in [1.165, 1.54) is 0 Å². The SMILES string of the molecule is CCOC(=O)C(=O)Nc1cccnc1C. The Morgan fingerprint density at radius 3 is 2.87 bits per heavy atom. The van der Waals surface area contributed by atoms with Crippen LogP contribution >= 0.6 is 0 Å². The zero-order valence-electron chi connectivity index (χ0n) is 8.61. The lowest BCUT2D eigenvalue weighted by Crippen LogP contribution is -2.25. The Hall–Kier alpha value is -1.91. The van der Waals surface area contributed by atoms with Crippen LogP contribution in [0.3, 0.4) is 0 Å². The molecule has 80 valence electrons. The summed E-state index contributed by atoms with van der Waals surface area (Å²) in [5.74, 6) is -1.67. The average molecular weight is 208 g/mol. The molecular weight excluding hydrogens is 196 g/mol. The van der Waals surface area contributed by atoms with Gasteiger partial charge in [-0.25, -0.2) is 4.79 Å². The molecule has 0 aliphatic rings. The summed E-state index contributed by atoms with van der Waals surface area (Å²) in [7, 11) is 0. The van der Waals surface area contributed by atoms with Crippen LogP contribution in [0.25, 0.3) is 0 Å². The second kappa shape index (κ2) is 5.09. The third-order valence-electron chi connectivity index (χ3n) is 1.72. The summed E-state index contributed by atoms with van der Waals surface area (Å²) in [5.41, 5.74) is 1.16. The topological polar surface area (TPSA) is 68.3 Å². The zero-order valence-corrected chi connectivity index (χ0v) is 8.61. The van der Waals surface area contributed by atoms with Crippen molar-refractivity contribution in [3.63, 3.8) is 0 Å². The molecule has 0 radical (unpaired) electrons. The van der Waals surface area contributed by atoms with Crippen LogP contribution < -0.4 is 5.32 Å². The first-order chi connectivity index (χ1) is 7.15. The fraction of sp³-hybridized carbons (Fsp3) is 0.300. The van der Waals surface area contributed by atoms with Crippen LogP contribution in [-0.2, 0) is 14.3 Å². The van der Waals surface area contributed by atoms with E-state index in [-0.39, 0.29) is 6.61 Å². The molecule has 0 saturated carbocycles. The third kappa shape index (κ3) is 3.05. The van der Waals surface area contributed by atoms with Gasteiger partial charge in [-0.05, 0) is 26.0 Å². The predicted molar refractivity (Wildman–Crippen MR) is 54.2 cm³/mol. The van der Waals surface area contributed by atoms with Crippen molar-refractivity contribution in [3.05, 3.63) is 24.0 Å². The minimum absolute atomic E-state index is 0.179. The number of rotatable bonds is 2. The molecular formula is C10H12N2O3. The number of carbonyl (C=O) groups is 2. The molecule has 0 fully saturated rings. The van der Waals surface area contributed by atoms with E-state index in [1.807, 2.05) is 0 Å². The lowest BCUT2D eigenvalue weighted by molar-refractivity contribution is -0.152. The first-order valence-electron chi connectivity index (χ1n) is 4.55. The highest BCUT2D eigenvalue weighted by atomic mass is 16.5. The Bertz CT molecular complexity index is 377. The van der Waals surface area contributed by atoms with Gasteiger partial charge < -0.3 is 10.1 Å². The molecule has 1 N–H and O–H groups in total. The second-order valence-electron chi connectivity index (χ2n) is 2.81. The van der Waals surface area contributed by atoms with E-state index in [0.717, 1.165) is 0 Å². The summed E-state index contributed by atoms with van der Waals surface area (Å²) in [6.45, 7) is 3.56. The number of pyridine rings is 1. The monoisotopic (exact) mass is 208 g/mol. The van der Waals surface area contributed by atoms with E-state index in [4.69, 9.17) is 0 Å². The number of amides is 1. The van der Waals surface area contributed by atoms with Gasteiger partial charge in [0.2, 0.25) is 0 Å². The molecule has 1 rings (SSSR count). The molecule has 0 unspecified atom stereocenters. The lowest BCUT2D eigenvalue weighted by atomic mass is 10.3. The van der Waals surface area contributed by atoms with Gasteiger partial charge in [0.05, 0.1) is 18.0 Å². The Labute approximate surface area is 87.5 Å². The average Bonchev–Trinajstić information content (AvgIpc) is 2.21. The van der Waals surface area contributed by atoms with Crippen LogP contribution in [0, 0.1) is 6.92 Å². The quantitative estimate of drug-likeness (QED) is 0.579. The molecule has 5 nitrogen and oxygen atoms in total. The summed E-state index contributed by atoms with van der Waals surface area (Å²) in [6, 6.07) is 3.34. The highest BCUT2D eigenvalue weighted by Gasteiger charge is 2.15. The van der Waals surface area contributed by atoms with Crippen molar-refractivity contribution in [1.82, 2.24) is 4.98 Å². The predicted octanol–water partition coefficient (Wildman–Crippen LogP) is 0.892. The molecule has 5 heteroatoms. The normalized spacial score (nSPS) is 9.47.